The molecule has 3 unspecified atom stereocenters. The Morgan fingerprint density at radius 1 is 1.39 bits per heavy atom. The number of amides is 2. The quantitative estimate of drug-likeness (QED) is 0.685. The Hall–Kier alpha value is -0.950. The molecule has 0 aromatic carbocycles. The molecule has 6 nitrogen and oxygen atoms in total. The fraction of sp³-hybridized carbons (Fsp3) is 0.818. The van der Waals surface area contributed by atoms with Gasteiger partial charge in [0.25, 0.3) is 0 Å². The lowest BCUT2D eigenvalue weighted by atomic mass is 10.0. The molecular formula is C11H18N2O4S. The number of aliphatic carboxylic acids is 1. The smallest absolute Gasteiger partial charge is 0.315 e. The van der Waals surface area contributed by atoms with Crippen molar-refractivity contribution in [3.8, 4) is 0 Å². The van der Waals surface area contributed by atoms with Crippen LogP contribution in [0.15, 0.2) is 0 Å². The molecule has 2 rings (SSSR count). The zero-order chi connectivity index (χ0) is 13.0. The molecule has 2 aliphatic rings. The van der Waals surface area contributed by atoms with Gasteiger partial charge in [-0.2, -0.15) is 11.8 Å². The third-order valence-corrected chi connectivity index (χ3v) is 4.63. The summed E-state index contributed by atoms with van der Waals surface area (Å²) >= 11 is 1.87. The first-order valence-electron chi connectivity index (χ1n) is 6.13. The monoisotopic (exact) mass is 274 g/mol. The van der Waals surface area contributed by atoms with Crippen molar-refractivity contribution >= 4 is 23.8 Å². The van der Waals surface area contributed by atoms with E-state index in [1.54, 1.807) is 0 Å². The minimum Gasteiger partial charge on any atom is -0.481 e. The Morgan fingerprint density at radius 2 is 2.22 bits per heavy atom. The summed E-state index contributed by atoms with van der Waals surface area (Å²) < 4.78 is 5.08. The number of hydrogen-bond donors (Lipinski definition) is 3. The Morgan fingerprint density at radius 3 is 2.89 bits per heavy atom. The van der Waals surface area contributed by atoms with Crippen LogP contribution in [0.25, 0.3) is 0 Å². The second-order valence-electron chi connectivity index (χ2n) is 4.58. The van der Waals surface area contributed by atoms with E-state index in [1.807, 2.05) is 11.8 Å². The number of ether oxygens (including phenoxy) is 1. The van der Waals surface area contributed by atoms with Crippen LogP contribution in [0, 0.1) is 5.92 Å². The lowest BCUT2D eigenvalue weighted by Gasteiger charge is -2.17. The molecule has 18 heavy (non-hydrogen) atoms. The summed E-state index contributed by atoms with van der Waals surface area (Å²) in [6.45, 7) is 1.07. The second kappa shape index (κ2) is 6.29. The number of hydrogen-bond acceptors (Lipinski definition) is 4. The molecule has 102 valence electrons. The molecule has 2 aliphatic heterocycles. The summed E-state index contributed by atoms with van der Waals surface area (Å²) in [6, 6.07) is -0.733. The molecule has 0 aliphatic carbocycles. The molecule has 2 heterocycles. The normalized spacial score (nSPS) is 31.2. The number of carbonyl (C=O) groups excluding carboxylic acids is 1. The topological polar surface area (TPSA) is 87.7 Å². The Balaban J connectivity index is 1.71. The van der Waals surface area contributed by atoms with Gasteiger partial charge in [0, 0.05) is 11.8 Å². The van der Waals surface area contributed by atoms with Gasteiger partial charge in [0.1, 0.15) is 5.92 Å². The van der Waals surface area contributed by atoms with Crippen molar-refractivity contribution in [3.63, 3.8) is 0 Å². The van der Waals surface area contributed by atoms with E-state index < -0.39 is 17.9 Å². The first kappa shape index (κ1) is 13.5. The van der Waals surface area contributed by atoms with Crippen LogP contribution in [-0.2, 0) is 9.53 Å². The third-order valence-electron chi connectivity index (χ3n) is 3.23. The fourth-order valence-electron chi connectivity index (χ4n) is 2.17. The highest BCUT2D eigenvalue weighted by Crippen LogP contribution is 2.25. The van der Waals surface area contributed by atoms with Crippen molar-refractivity contribution < 1.29 is 19.4 Å². The van der Waals surface area contributed by atoms with Gasteiger partial charge in [-0.1, -0.05) is 0 Å². The molecule has 0 bridgehead atoms. The van der Waals surface area contributed by atoms with Crippen LogP contribution >= 0.6 is 11.8 Å². The number of rotatable bonds is 4. The summed E-state index contributed by atoms with van der Waals surface area (Å²) in [5, 5.41) is 14.9. The van der Waals surface area contributed by atoms with Crippen molar-refractivity contribution in [1.82, 2.24) is 10.6 Å². The Kier molecular flexibility index (Phi) is 4.71. The van der Waals surface area contributed by atoms with Gasteiger partial charge in [0.15, 0.2) is 0 Å². The molecule has 2 fully saturated rings. The summed E-state index contributed by atoms with van der Waals surface area (Å²) in [5.41, 5.74) is 0. The van der Waals surface area contributed by atoms with Gasteiger partial charge in [0.05, 0.1) is 19.3 Å². The first-order valence-corrected chi connectivity index (χ1v) is 7.18. The average molecular weight is 274 g/mol. The summed E-state index contributed by atoms with van der Waals surface area (Å²) in [5.74, 6) is -0.410. The van der Waals surface area contributed by atoms with E-state index in [0.29, 0.717) is 11.8 Å². The second-order valence-corrected chi connectivity index (χ2v) is 5.99. The molecule has 3 atom stereocenters. The molecule has 2 amide bonds. The minimum atomic E-state index is -0.927. The van der Waals surface area contributed by atoms with Gasteiger partial charge in [-0.15, -0.1) is 0 Å². The number of nitrogens with one attached hydrogen (secondary N) is 2. The zero-order valence-electron chi connectivity index (χ0n) is 10.1. The van der Waals surface area contributed by atoms with Gasteiger partial charge < -0.3 is 20.5 Å². The van der Waals surface area contributed by atoms with Gasteiger partial charge in [-0.05, 0) is 18.6 Å². The van der Waals surface area contributed by atoms with Crippen molar-refractivity contribution in [1.29, 1.82) is 0 Å². The molecule has 7 heteroatoms. The maximum atomic E-state index is 11.6. The fourth-order valence-corrected chi connectivity index (χ4v) is 3.37. The lowest BCUT2D eigenvalue weighted by molar-refractivity contribution is -0.142. The number of urea groups is 1. The van der Waals surface area contributed by atoms with E-state index in [0.717, 1.165) is 12.2 Å². The maximum Gasteiger partial charge on any atom is 0.315 e. The van der Waals surface area contributed by atoms with E-state index in [2.05, 4.69) is 10.6 Å². The number of carboxylic acids is 1. The van der Waals surface area contributed by atoms with E-state index in [1.165, 1.54) is 6.42 Å². The molecule has 0 aromatic rings. The highest BCUT2D eigenvalue weighted by molar-refractivity contribution is 8.00. The van der Waals surface area contributed by atoms with Crippen LogP contribution in [0.2, 0.25) is 0 Å². The third kappa shape index (κ3) is 3.52. The molecule has 3 N–H and O–H groups in total. The summed E-state index contributed by atoms with van der Waals surface area (Å²) in [4.78, 5) is 22.5. The van der Waals surface area contributed by atoms with Crippen LogP contribution in [0.1, 0.15) is 12.8 Å². The number of thioether (sulfide) groups is 1. The van der Waals surface area contributed by atoms with Crippen LogP contribution in [-0.4, -0.2) is 53.9 Å². The van der Waals surface area contributed by atoms with Crippen molar-refractivity contribution in [2.24, 2.45) is 5.92 Å². The molecule has 0 radical (unpaired) electrons. The number of carboxylic acid groups (broad SMARTS) is 1. The largest absolute Gasteiger partial charge is 0.481 e. The molecule has 0 aromatic heterocycles. The molecular weight excluding hydrogens is 256 g/mol. The van der Waals surface area contributed by atoms with Gasteiger partial charge in [-0.25, -0.2) is 4.79 Å². The summed E-state index contributed by atoms with van der Waals surface area (Å²) in [7, 11) is 0. The average Bonchev–Trinajstić information content (AvgIpc) is 2.96. The maximum absolute atomic E-state index is 11.6. The molecule has 2 saturated heterocycles. The van der Waals surface area contributed by atoms with Crippen molar-refractivity contribution in [2.45, 2.75) is 24.1 Å². The first-order chi connectivity index (χ1) is 8.66. The lowest BCUT2D eigenvalue weighted by Crippen LogP contribution is -2.48. The highest BCUT2D eigenvalue weighted by atomic mass is 32.2. The SMILES string of the molecule is O=C(NCC1CCCS1)NC1COCC1C(=O)O. The standard InChI is InChI=1S/C11H18N2O4S/c14-10(15)8-5-17-6-9(8)13-11(16)12-4-7-2-1-3-18-7/h7-9H,1-6H2,(H,14,15)(H2,12,13,16). The van der Waals surface area contributed by atoms with Crippen molar-refractivity contribution in [3.05, 3.63) is 0 Å². The summed E-state index contributed by atoms with van der Waals surface area (Å²) in [6.07, 6.45) is 2.34. The Labute approximate surface area is 110 Å². The Bertz CT molecular complexity index is 320. The molecule has 0 spiro atoms. The minimum absolute atomic E-state index is 0.165. The van der Waals surface area contributed by atoms with Crippen LogP contribution in [0.5, 0.6) is 0 Å². The van der Waals surface area contributed by atoms with Crippen LogP contribution in [0.4, 0.5) is 4.79 Å². The predicted molar refractivity (Wildman–Crippen MR) is 67.7 cm³/mol. The predicted octanol–water partition coefficient (Wildman–Crippen LogP) is 0.281. The van der Waals surface area contributed by atoms with E-state index in [4.69, 9.17) is 9.84 Å². The highest BCUT2D eigenvalue weighted by Gasteiger charge is 2.35. The number of carbonyl (C=O) groups is 2. The zero-order valence-corrected chi connectivity index (χ0v) is 10.9. The van der Waals surface area contributed by atoms with Gasteiger partial charge >= 0.3 is 12.0 Å². The van der Waals surface area contributed by atoms with E-state index in [9.17, 15) is 9.59 Å². The van der Waals surface area contributed by atoms with Crippen LogP contribution < -0.4 is 10.6 Å². The van der Waals surface area contributed by atoms with Crippen molar-refractivity contribution in [2.75, 3.05) is 25.5 Å². The van der Waals surface area contributed by atoms with Crippen LogP contribution in [0.3, 0.4) is 0 Å². The molecule has 0 saturated carbocycles. The van der Waals surface area contributed by atoms with E-state index in [-0.39, 0.29) is 19.2 Å². The van der Waals surface area contributed by atoms with Gasteiger partial charge in [0.2, 0.25) is 0 Å². The van der Waals surface area contributed by atoms with E-state index >= 15 is 0 Å². The van der Waals surface area contributed by atoms with Gasteiger partial charge in [-0.3, -0.25) is 4.79 Å².